The largest absolute Gasteiger partial charge is 0.480 e. The lowest BCUT2D eigenvalue weighted by atomic mass is 10.1. The van der Waals surface area contributed by atoms with Crippen molar-refractivity contribution in [2.24, 2.45) is 0 Å². The molecule has 2 aromatic carbocycles. The van der Waals surface area contributed by atoms with Crippen LogP contribution in [0.5, 0.6) is 0 Å². The molecule has 0 spiro atoms. The van der Waals surface area contributed by atoms with Gasteiger partial charge in [0.25, 0.3) is 0 Å². The number of carboxylic acid groups (broad SMARTS) is 1. The van der Waals surface area contributed by atoms with Crippen LogP contribution in [0.2, 0.25) is 0 Å². The number of aliphatic carboxylic acids is 1. The minimum atomic E-state index is -0.943. The number of hydrogen-bond acceptors (Lipinski definition) is 5. The molecule has 6 nitrogen and oxygen atoms in total. The highest BCUT2D eigenvalue weighted by atomic mass is 16.4. The van der Waals surface area contributed by atoms with Gasteiger partial charge in [-0.05, 0) is 43.2 Å². The van der Waals surface area contributed by atoms with Crippen molar-refractivity contribution in [2.45, 2.75) is 13.8 Å². The van der Waals surface area contributed by atoms with Crippen LogP contribution in [0.1, 0.15) is 11.1 Å². The van der Waals surface area contributed by atoms with Crippen molar-refractivity contribution in [3.05, 3.63) is 53.6 Å². The number of fused-ring (bicyclic) bond motifs is 1. The van der Waals surface area contributed by atoms with Gasteiger partial charge in [-0.3, -0.25) is 4.79 Å². The Morgan fingerprint density at radius 3 is 2.67 bits per heavy atom. The minimum Gasteiger partial charge on any atom is -0.480 e. The molecule has 0 unspecified atom stereocenters. The first kappa shape index (κ1) is 15.7. The summed E-state index contributed by atoms with van der Waals surface area (Å²) in [5.74, 6) is -0.0205. The predicted molar refractivity (Wildman–Crippen MR) is 94.9 cm³/mol. The fourth-order valence-corrected chi connectivity index (χ4v) is 2.43. The third-order valence-corrected chi connectivity index (χ3v) is 3.86. The van der Waals surface area contributed by atoms with Crippen LogP contribution < -0.4 is 10.6 Å². The number of aromatic nitrogens is 2. The van der Waals surface area contributed by atoms with Gasteiger partial charge in [0.2, 0.25) is 5.95 Å². The number of benzene rings is 2. The second-order valence-corrected chi connectivity index (χ2v) is 5.53. The highest BCUT2D eigenvalue weighted by Crippen LogP contribution is 2.25. The molecule has 3 aromatic rings. The maximum Gasteiger partial charge on any atom is 0.322 e. The highest BCUT2D eigenvalue weighted by molar-refractivity contribution is 5.91. The Hall–Kier alpha value is -3.15. The number of carbonyl (C=O) groups is 1. The summed E-state index contributed by atoms with van der Waals surface area (Å²) in [4.78, 5) is 19.8. The van der Waals surface area contributed by atoms with Crippen molar-refractivity contribution in [1.82, 2.24) is 9.97 Å². The van der Waals surface area contributed by atoms with Gasteiger partial charge < -0.3 is 15.7 Å². The Kier molecular flexibility index (Phi) is 4.29. The van der Waals surface area contributed by atoms with E-state index in [0.717, 1.165) is 22.2 Å². The van der Waals surface area contributed by atoms with Gasteiger partial charge in [-0.15, -0.1) is 0 Å². The van der Waals surface area contributed by atoms with Crippen molar-refractivity contribution >= 4 is 34.3 Å². The second kappa shape index (κ2) is 6.54. The second-order valence-electron chi connectivity index (χ2n) is 5.53. The van der Waals surface area contributed by atoms with Gasteiger partial charge in [-0.2, -0.15) is 4.98 Å². The SMILES string of the molecule is Cc1cccc(Nc2nc(NCC(=O)O)c3ccccc3n2)c1C. The van der Waals surface area contributed by atoms with E-state index in [1.54, 1.807) is 0 Å². The van der Waals surface area contributed by atoms with Gasteiger partial charge in [0.15, 0.2) is 0 Å². The first-order valence-electron chi connectivity index (χ1n) is 7.60. The molecule has 0 atom stereocenters. The normalized spacial score (nSPS) is 10.6. The fraction of sp³-hybridized carbons (Fsp3) is 0.167. The Balaban J connectivity index is 2.01. The van der Waals surface area contributed by atoms with Gasteiger partial charge in [0.1, 0.15) is 12.4 Å². The Labute approximate surface area is 139 Å². The van der Waals surface area contributed by atoms with Gasteiger partial charge >= 0.3 is 5.97 Å². The molecule has 0 aliphatic rings. The van der Waals surface area contributed by atoms with E-state index >= 15 is 0 Å². The van der Waals surface area contributed by atoms with Crippen LogP contribution in [-0.4, -0.2) is 27.6 Å². The van der Waals surface area contributed by atoms with Crippen molar-refractivity contribution in [2.75, 3.05) is 17.2 Å². The topological polar surface area (TPSA) is 87.1 Å². The zero-order valence-electron chi connectivity index (χ0n) is 13.5. The number of para-hydroxylation sites is 1. The summed E-state index contributed by atoms with van der Waals surface area (Å²) < 4.78 is 0. The van der Waals surface area contributed by atoms with Crippen molar-refractivity contribution in [1.29, 1.82) is 0 Å². The molecule has 0 fully saturated rings. The molecule has 0 saturated carbocycles. The highest BCUT2D eigenvalue weighted by Gasteiger charge is 2.10. The van der Waals surface area contributed by atoms with Crippen LogP contribution in [0.4, 0.5) is 17.5 Å². The zero-order chi connectivity index (χ0) is 17.1. The summed E-state index contributed by atoms with van der Waals surface area (Å²) in [7, 11) is 0. The van der Waals surface area contributed by atoms with Gasteiger partial charge in [-0.25, -0.2) is 4.98 Å². The third kappa shape index (κ3) is 3.27. The van der Waals surface area contributed by atoms with Gasteiger partial charge in [-0.1, -0.05) is 24.3 Å². The molecule has 0 bridgehead atoms. The van der Waals surface area contributed by atoms with E-state index in [0.29, 0.717) is 11.8 Å². The lowest BCUT2D eigenvalue weighted by Gasteiger charge is -2.13. The number of carboxylic acids is 1. The fourth-order valence-electron chi connectivity index (χ4n) is 2.43. The first-order valence-corrected chi connectivity index (χ1v) is 7.60. The summed E-state index contributed by atoms with van der Waals surface area (Å²) in [6, 6.07) is 13.5. The van der Waals surface area contributed by atoms with Crippen LogP contribution >= 0.6 is 0 Å². The third-order valence-electron chi connectivity index (χ3n) is 3.86. The molecule has 122 valence electrons. The lowest BCUT2D eigenvalue weighted by molar-refractivity contribution is -0.134. The number of nitrogens with zero attached hydrogens (tertiary/aromatic N) is 2. The lowest BCUT2D eigenvalue weighted by Crippen LogP contribution is -2.14. The van der Waals surface area contributed by atoms with Crippen molar-refractivity contribution in [3.63, 3.8) is 0 Å². The average Bonchev–Trinajstić information content (AvgIpc) is 2.57. The van der Waals surface area contributed by atoms with Crippen LogP contribution in [-0.2, 0) is 4.79 Å². The average molecular weight is 322 g/mol. The molecule has 1 aromatic heterocycles. The van der Waals surface area contributed by atoms with E-state index in [-0.39, 0.29) is 6.54 Å². The van der Waals surface area contributed by atoms with E-state index in [9.17, 15) is 4.79 Å². The molecule has 0 aliphatic heterocycles. The molecule has 0 saturated heterocycles. The summed E-state index contributed by atoms with van der Waals surface area (Å²) in [5, 5.41) is 15.8. The Morgan fingerprint density at radius 1 is 1.08 bits per heavy atom. The Morgan fingerprint density at radius 2 is 1.88 bits per heavy atom. The zero-order valence-corrected chi connectivity index (χ0v) is 13.5. The first-order chi connectivity index (χ1) is 11.5. The molecule has 0 radical (unpaired) electrons. The molecule has 3 rings (SSSR count). The molecule has 24 heavy (non-hydrogen) atoms. The smallest absolute Gasteiger partial charge is 0.322 e. The predicted octanol–water partition coefficient (Wildman–Crippen LogP) is 3.49. The molecule has 0 aliphatic carbocycles. The number of nitrogens with one attached hydrogen (secondary N) is 2. The minimum absolute atomic E-state index is 0.204. The number of anilines is 3. The quantitative estimate of drug-likeness (QED) is 0.666. The summed E-state index contributed by atoms with van der Waals surface area (Å²) in [5.41, 5.74) is 3.96. The molecular weight excluding hydrogens is 304 g/mol. The summed E-state index contributed by atoms with van der Waals surface area (Å²) >= 11 is 0. The number of hydrogen-bond donors (Lipinski definition) is 3. The van der Waals surface area contributed by atoms with Crippen molar-refractivity contribution in [3.8, 4) is 0 Å². The van der Waals surface area contributed by atoms with Crippen LogP contribution in [0, 0.1) is 13.8 Å². The van der Waals surface area contributed by atoms with E-state index in [1.165, 1.54) is 5.56 Å². The number of aryl methyl sites for hydroxylation is 1. The van der Waals surface area contributed by atoms with Crippen LogP contribution in [0.3, 0.4) is 0 Å². The Bertz CT molecular complexity index is 909. The van der Waals surface area contributed by atoms with Gasteiger partial charge in [0, 0.05) is 11.1 Å². The molecule has 1 heterocycles. The summed E-state index contributed by atoms with van der Waals surface area (Å²) in [6.07, 6.45) is 0. The molecule has 3 N–H and O–H groups in total. The number of rotatable bonds is 5. The van der Waals surface area contributed by atoms with E-state index < -0.39 is 5.97 Å². The van der Waals surface area contributed by atoms with Crippen LogP contribution in [0.25, 0.3) is 10.9 Å². The van der Waals surface area contributed by atoms with E-state index in [2.05, 4.69) is 20.6 Å². The van der Waals surface area contributed by atoms with E-state index in [4.69, 9.17) is 5.11 Å². The molecular formula is C18H18N4O2. The standard InChI is InChI=1S/C18H18N4O2/c1-11-6-5-9-14(12(11)2)20-18-21-15-8-4-3-7-13(15)17(22-18)19-10-16(23)24/h3-9H,10H2,1-2H3,(H,23,24)(H2,19,20,21,22). The molecule has 0 amide bonds. The summed E-state index contributed by atoms with van der Waals surface area (Å²) in [6.45, 7) is 3.87. The molecule has 6 heteroatoms. The van der Waals surface area contributed by atoms with Crippen LogP contribution in [0.15, 0.2) is 42.5 Å². The maximum atomic E-state index is 10.8. The van der Waals surface area contributed by atoms with E-state index in [1.807, 2.05) is 56.3 Å². The monoisotopic (exact) mass is 322 g/mol. The van der Waals surface area contributed by atoms with Crippen molar-refractivity contribution < 1.29 is 9.90 Å². The maximum absolute atomic E-state index is 10.8. The van der Waals surface area contributed by atoms with Gasteiger partial charge in [0.05, 0.1) is 5.52 Å².